The Labute approximate surface area is 183 Å². The lowest BCUT2D eigenvalue weighted by atomic mass is 9.75. The van der Waals surface area contributed by atoms with Gasteiger partial charge in [0.1, 0.15) is 5.52 Å². The number of nitrogen functional groups attached to an aromatic ring is 2. The third-order valence-corrected chi connectivity index (χ3v) is 6.44. The van der Waals surface area contributed by atoms with Gasteiger partial charge in [0.15, 0.2) is 11.5 Å². The number of piperidine rings is 1. The van der Waals surface area contributed by atoms with E-state index in [0.717, 1.165) is 0 Å². The maximum absolute atomic E-state index is 12.4. The van der Waals surface area contributed by atoms with E-state index in [-0.39, 0.29) is 24.3 Å². The minimum Gasteiger partial charge on any atom is -0.481 e. The van der Waals surface area contributed by atoms with Crippen molar-refractivity contribution in [3.05, 3.63) is 6.33 Å². The zero-order chi connectivity index (χ0) is 23.3. The number of hydrogen-bond donors (Lipinski definition) is 5. The number of aliphatic hydroxyl groups is 1. The molecule has 0 saturated carbocycles. The molecule has 4 rings (SSSR count). The number of imidazole rings is 1. The van der Waals surface area contributed by atoms with E-state index < -0.39 is 35.7 Å². The molecule has 13 nitrogen and oxygen atoms in total. The minimum atomic E-state index is -1.16. The SMILES string of the molecule is C[C@@]1(O)CC2(CCN(C(=O)[C@@H](N)CC(=O)O)CC2)OC[C@H]1n1cnc2c(N)nc(N)nc21. The van der Waals surface area contributed by atoms with Crippen molar-refractivity contribution in [2.75, 3.05) is 31.2 Å². The van der Waals surface area contributed by atoms with E-state index in [4.69, 9.17) is 27.0 Å². The van der Waals surface area contributed by atoms with E-state index in [0.29, 0.717) is 43.5 Å². The maximum Gasteiger partial charge on any atom is 0.305 e. The molecule has 0 aliphatic carbocycles. The molecule has 0 bridgehead atoms. The molecule has 0 unspecified atom stereocenters. The highest BCUT2D eigenvalue weighted by Gasteiger charge is 2.50. The lowest BCUT2D eigenvalue weighted by Gasteiger charge is -2.51. The molecule has 3 atom stereocenters. The predicted octanol–water partition coefficient (Wildman–Crippen LogP) is -1.13. The van der Waals surface area contributed by atoms with Crippen LogP contribution in [0.3, 0.4) is 0 Å². The third-order valence-electron chi connectivity index (χ3n) is 6.44. The first kappa shape index (κ1) is 22.2. The number of nitrogens with two attached hydrogens (primary N) is 3. The third kappa shape index (κ3) is 3.94. The summed E-state index contributed by atoms with van der Waals surface area (Å²) in [5, 5.41) is 20.2. The van der Waals surface area contributed by atoms with Crippen LogP contribution < -0.4 is 17.2 Å². The van der Waals surface area contributed by atoms with Crippen LogP contribution in [0.2, 0.25) is 0 Å². The number of anilines is 2. The molecule has 32 heavy (non-hydrogen) atoms. The molecule has 2 fully saturated rings. The fourth-order valence-corrected chi connectivity index (χ4v) is 4.79. The van der Waals surface area contributed by atoms with Crippen LogP contribution in [0.25, 0.3) is 11.2 Å². The van der Waals surface area contributed by atoms with Gasteiger partial charge in [0.25, 0.3) is 0 Å². The van der Waals surface area contributed by atoms with Crippen molar-refractivity contribution in [2.24, 2.45) is 5.73 Å². The van der Waals surface area contributed by atoms with Gasteiger partial charge in [-0.1, -0.05) is 0 Å². The number of hydrogen-bond acceptors (Lipinski definition) is 10. The van der Waals surface area contributed by atoms with Crippen LogP contribution in [0.5, 0.6) is 0 Å². The summed E-state index contributed by atoms with van der Waals surface area (Å²) in [6.07, 6.45) is 2.48. The van der Waals surface area contributed by atoms with E-state index in [1.807, 2.05) is 0 Å². The van der Waals surface area contributed by atoms with Crippen LogP contribution in [0.1, 0.15) is 38.6 Å². The monoisotopic (exact) mass is 448 g/mol. The molecule has 2 aliphatic heterocycles. The number of aromatic nitrogens is 4. The summed E-state index contributed by atoms with van der Waals surface area (Å²) in [5.74, 6) is -1.32. The fraction of sp³-hybridized carbons (Fsp3) is 0.632. The van der Waals surface area contributed by atoms with Crippen LogP contribution >= 0.6 is 0 Å². The Morgan fingerprint density at radius 2 is 2.00 bits per heavy atom. The number of amides is 1. The molecule has 0 aromatic carbocycles. The second-order valence-electron chi connectivity index (χ2n) is 8.86. The molecule has 0 radical (unpaired) electrons. The Morgan fingerprint density at radius 3 is 2.62 bits per heavy atom. The normalized spacial score (nSPS) is 26.3. The van der Waals surface area contributed by atoms with Gasteiger partial charge < -0.3 is 41.6 Å². The first-order chi connectivity index (χ1) is 15.0. The molecule has 174 valence electrons. The van der Waals surface area contributed by atoms with Crippen LogP contribution in [0, 0.1) is 0 Å². The summed E-state index contributed by atoms with van der Waals surface area (Å²) < 4.78 is 7.97. The lowest BCUT2D eigenvalue weighted by Crippen LogP contribution is -2.59. The fourth-order valence-electron chi connectivity index (χ4n) is 4.79. The number of nitrogens with zero attached hydrogens (tertiary/aromatic N) is 5. The average molecular weight is 448 g/mol. The molecule has 2 aromatic heterocycles. The van der Waals surface area contributed by atoms with E-state index in [9.17, 15) is 14.7 Å². The number of carbonyl (C=O) groups is 2. The second kappa shape index (κ2) is 7.83. The molecule has 13 heteroatoms. The molecular weight excluding hydrogens is 420 g/mol. The average Bonchev–Trinajstić information content (AvgIpc) is 3.10. The molecule has 2 saturated heterocycles. The van der Waals surface area contributed by atoms with Crippen LogP contribution in [0.15, 0.2) is 6.33 Å². The van der Waals surface area contributed by atoms with Crippen molar-refractivity contribution >= 4 is 34.8 Å². The van der Waals surface area contributed by atoms with E-state index in [1.54, 1.807) is 22.7 Å². The number of carboxylic acids is 1. The highest BCUT2D eigenvalue weighted by molar-refractivity contribution is 5.86. The topological polar surface area (TPSA) is 209 Å². The van der Waals surface area contributed by atoms with Gasteiger partial charge in [0, 0.05) is 19.5 Å². The van der Waals surface area contributed by atoms with Gasteiger partial charge in [0.05, 0.1) is 42.6 Å². The van der Waals surface area contributed by atoms with Crippen LogP contribution in [-0.2, 0) is 14.3 Å². The Balaban J connectivity index is 1.47. The standard InChI is InChI=1S/C19H28N8O5/c1-18(31)8-19(2-4-26(5-3-19)16(30)10(20)6-12(28)29)32-7-11(18)27-9-23-13-14(21)24-17(22)25-15(13)27/h9-11,31H,2-8,20H2,1H3,(H,28,29)(H4,21,22,24,25)/t10-,11+,18+/m0/s1. The Bertz CT molecular complexity index is 1050. The quantitative estimate of drug-likeness (QED) is 0.377. The first-order valence-corrected chi connectivity index (χ1v) is 10.4. The van der Waals surface area contributed by atoms with Gasteiger partial charge >= 0.3 is 5.97 Å². The maximum atomic E-state index is 12.4. The Morgan fingerprint density at radius 1 is 1.31 bits per heavy atom. The number of rotatable bonds is 4. The van der Waals surface area contributed by atoms with Gasteiger partial charge in [0.2, 0.25) is 11.9 Å². The van der Waals surface area contributed by atoms with Gasteiger partial charge in [-0.25, -0.2) is 4.98 Å². The van der Waals surface area contributed by atoms with Crippen molar-refractivity contribution in [3.8, 4) is 0 Å². The number of carboxylic acid groups (broad SMARTS) is 1. The molecule has 1 amide bonds. The van der Waals surface area contributed by atoms with Gasteiger partial charge in [-0.15, -0.1) is 0 Å². The number of fused-ring (bicyclic) bond motifs is 1. The summed E-state index contributed by atoms with van der Waals surface area (Å²) in [6, 6.07) is -1.55. The van der Waals surface area contributed by atoms with Crippen LogP contribution in [0.4, 0.5) is 11.8 Å². The Kier molecular flexibility index (Phi) is 5.43. The number of aliphatic carboxylic acids is 1. The molecule has 8 N–H and O–H groups in total. The summed E-state index contributed by atoms with van der Waals surface area (Å²) in [5.41, 5.74) is 16.4. The zero-order valence-corrected chi connectivity index (χ0v) is 17.8. The lowest BCUT2D eigenvalue weighted by molar-refractivity contribution is -0.197. The largest absolute Gasteiger partial charge is 0.481 e. The Hall–Kier alpha value is -3.03. The summed E-state index contributed by atoms with van der Waals surface area (Å²) >= 11 is 0. The van der Waals surface area contributed by atoms with E-state index in [2.05, 4.69) is 15.0 Å². The number of ether oxygens (including phenoxy) is 1. The number of carbonyl (C=O) groups excluding carboxylic acids is 1. The minimum absolute atomic E-state index is 0.0164. The first-order valence-electron chi connectivity index (χ1n) is 10.4. The van der Waals surface area contributed by atoms with E-state index in [1.165, 1.54) is 0 Å². The molecular formula is C19H28N8O5. The van der Waals surface area contributed by atoms with Crippen molar-refractivity contribution in [1.29, 1.82) is 0 Å². The van der Waals surface area contributed by atoms with Gasteiger partial charge in [-0.2, -0.15) is 9.97 Å². The smallest absolute Gasteiger partial charge is 0.305 e. The number of likely N-dealkylation sites (tertiary alicyclic amines) is 1. The van der Waals surface area contributed by atoms with E-state index >= 15 is 0 Å². The van der Waals surface area contributed by atoms with Crippen LogP contribution in [-0.4, -0.2) is 83.4 Å². The van der Waals surface area contributed by atoms with Crippen molar-refractivity contribution in [1.82, 2.24) is 24.4 Å². The summed E-state index contributed by atoms with van der Waals surface area (Å²) in [7, 11) is 0. The van der Waals surface area contributed by atoms with Crippen molar-refractivity contribution in [2.45, 2.75) is 55.9 Å². The van der Waals surface area contributed by atoms with Gasteiger partial charge in [-0.3, -0.25) is 9.59 Å². The molecule has 2 aliphatic rings. The highest BCUT2D eigenvalue weighted by atomic mass is 16.5. The van der Waals surface area contributed by atoms with Crippen molar-refractivity contribution in [3.63, 3.8) is 0 Å². The second-order valence-corrected chi connectivity index (χ2v) is 8.86. The zero-order valence-electron chi connectivity index (χ0n) is 17.8. The molecule has 2 aromatic rings. The summed E-state index contributed by atoms with van der Waals surface area (Å²) in [6.45, 7) is 2.69. The van der Waals surface area contributed by atoms with Crippen molar-refractivity contribution < 1.29 is 24.5 Å². The molecule has 4 heterocycles. The van der Waals surface area contributed by atoms with Gasteiger partial charge in [-0.05, 0) is 19.8 Å². The predicted molar refractivity (Wildman–Crippen MR) is 113 cm³/mol. The summed E-state index contributed by atoms with van der Waals surface area (Å²) in [4.78, 5) is 37.2. The highest BCUT2D eigenvalue weighted by Crippen LogP contribution is 2.44. The molecule has 1 spiro atoms.